The largest absolute Gasteiger partial charge is 0.449 e. The van der Waals surface area contributed by atoms with Gasteiger partial charge in [0.15, 0.2) is 15.9 Å². The first-order valence-corrected chi connectivity index (χ1v) is 11.9. The number of sulfone groups is 1. The summed E-state index contributed by atoms with van der Waals surface area (Å²) < 4.78 is 28.7. The monoisotopic (exact) mass is 418 g/mol. The third kappa shape index (κ3) is 3.90. The fraction of sp³-hybridized carbons (Fsp3) is 0.524. The maximum absolute atomic E-state index is 12.6. The van der Waals surface area contributed by atoms with E-state index < -0.39 is 21.9 Å². The molecule has 4 rings (SSSR count). The number of aryl methyl sites for hydroxylation is 2. The number of ether oxygens (including phenoxy) is 1. The fourth-order valence-electron chi connectivity index (χ4n) is 4.36. The number of amides is 1. The van der Waals surface area contributed by atoms with Crippen molar-refractivity contribution in [2.45, 2.75) is 51.2 Å². The molecule has 1 aliphatic carbocycles. The lowest BCUT2D eigenvalue weighted by atomic mass is 9.95. The molecule has 1 aromatic carbocycles. The number of carbonyl (C=O) groups excluding carboxylic acids is 2. The van der Waals surface area contributed by atoms with Crippen molar-refractivity contribution < 1.29 is 22.7 Å². The number of hydrogen-bond acceptors (Lipinski definition) is 5. The van der Waals surface area contributed by atoms with Gasteiger partial charge in [0.05, 0.1) is 17.1 Å². The third-order valence-corrected chi connectivity index (χ3v) is 7.82. The van der Waals surface area contributed by atoms with E-state index in [1.54, 1.807) is 13.1 Å². The zero-order chi connectivity index (χ0) is 20.8. The minimum Gasteiger partial charge on any atom is -0.449 e. The van der Waals surface area contributed by atoms with Gasteiger partial charge in [0.2, 0.25) is 0 Å². The van der Waals surface area contributed by atoms with Crippen LogP contribution in [-0.4, -0.2) is 60.9 Å². The molecule has 2 aromatic rings. The van der Waals surface area contributed by atoms with Crippen molar-refractivity contribution in [3.8, 4) is 0 Å². The molecule has 1 saturated heterocycles. The lowest BCUT2D eigenvalue weighted by Crippen LogP contribution is -2.44. The summed E-state index contributed by atoms with van der Waals surface area (Å²) >= 11 is 0. The summed E-state index contributed by atoms with van der Waals surface area (Å²) in [6.07, 6.45) is 3.77. The van der Waals surface area contributed by atoms with Crippen molar-refractivity contribution in [2.24, 2.45) is 0 Å². The van der Waals surface area contributed by atoms with Crippen molar-refractivity contribution in [2.75, 3.05) is 18.6 Å². The number of aromatic amines is 1. The summed E-state index contributed by atoms with van der Waals surface area (Å²) in [5.41, 5.74) is 3.94. The summed E-state index contributed by atoms with van der Waals surface area (Å²) in [7, 11) is -1.53. The average molecular weight is 419 g/mol. The zero-order valence-corrected chi connectivity index (χ0v) is 17.5. The molecule has 29 heavy (non-hydrogen) atoms. The Balaban J connectivity index is 1.46. The number of aromatic nitrogens is 1. The molecule has 1 N–H and O–H groups in total. The molecule has 8 heteroatoms. The second-order valence-corrected chi connectivity index (χ2v) is 10.3. The van der Waals surface area contributed by atoms with Crippen LogP contribution in [0.2, 0.25) is 0 Å². The first kappa shape index (κ1) is 19.9. The van der Waals surface area contributed by atoms with E-state index in [1.807, 2.05) is 12.1 Å². The molecule has 2 heterocycles. The van der Waals surface area contributed by atoms with E-state index in [9.17, 15) is 18.0 Å². The normalized spacial score (nSPS) is 21.5. The van der Waals surface area contributed by atoms with Crippen molar-refractivity contribution in [1.29, 1.82) is 0 Å². The molecule has 0 saturated carbocycles. The van der Waals surface area contributed by atoms with Gasteiger partial charge >= 0.3 is 5.97 Å². The first-order valence-electron chi connectivity index (χ1n) is 10.1. The lowest BCUT2D eigenvalue weighted by molar-refractivity contribution is -0.140. The van der Waals surface area contributed by atoms with Gasteiger partial charge in [0, 0.05) is 29.7 Å². The highest BCUT2D eigenvalue weighted by Crippen LogP contribution is 2.30. The molecule has 2 aliphatic rings. The summed E-state index contributed by atoms with van der Waals surface area (Å²) in [4.78, 5) is 30.1. The lowest BCUT2D eigenvalue weighted by Gasteiger charge is -2.26. The number of benzene rings is 1. The van der Waals surface area contributed by atoms with E-state index in [2.05, 4.69) is 4.98 Å². The minimum atomic E-state index is -3.09. The highest BCUT2D eigenvalue weighted by molar-refractivity contribution is 7.91. The Morgan fingerprint density at radius 2 is 2.00 bits per heavy atom. The van der Waals surface area contributed by atoms with Crippen molar-refractivity contribution >= 4 is 32.6 Å². The Morgan fingerprint density at radius 1 is 1.24 bits per heavy atom. The summed E-state index contributed by atoms with van der Waals surface area (Å²) in [5, 5.41) is 1.04. The Labute approximate surface area is 170 Å². The predicted octanol–water partition coefficient (Wildman–Crippen LogP) is 2.24. The summed E-state index contributed by atoms with van der Waals surface area (Å²) in [5.74, 6) is -0.887. The van der Waals surface area contributed by atoms with Crippen LogP contribution in [0, 0.1) is 0 Å². The van der Waals surface area contributed by atoms with E-state index in [0.29, 0.717) is 12.0 Å². The van der Waals surface area contributed by atoms with Crippen LogP contribution in [0.1, 0.15) is 47.8 Å². The average Bonchev–Trinajstić information content (AvgIpc) is 3.25. The molecule has 1 aromatic heterocycles. The number of fused-ring (bicyclic) bond motifs is 3. The first-order chi connectivity index (χ1) is 13.7. The summed E-state index contributed by atoms with van der Waals surface area (Å²) in [6.45, 7) is 1.52. The van der Waals surface area contributed by atoms with Gasteiger partial charge in [-0.25, -0.2) is 13.2 Å². The second-order valence-electron chi connectivity index (χ2n) is 8.10. The van der Waals surface area contributed by atoms with Crippen LogP contribution < -0.4 is 0 Å². The van der Waals surface area contributed by atoms with Crippen LogP contribution in [0.15, 0.2) is 18.2 Å². The van der Waals surface area contributed by atoms with Gasteiger partial charge in [-0.15, -0.1) is 0 Å². The van der Waals surface area contributed by atoms with Crippen LogP contribution in [0.5, 0.6) is 0 Å². The zero-order valence-electron chi connectivity index (χ0n) is 16.7. The van der Waals surface area contributed by atoms with Crippen molar-refractivity contribution in [1.82, 2.24) is 9.88 Å². The molecule has 1 amide bonds. The van der Waals surface area contributed by atoms with Gasteiger partial charge in [0.25, 0.3) is 5.91 Å². The number of H-pyrrole nitrogens is 1. The van der Waals surface area contributed by atoms with Gasteiger partial charge < -0.3 is 14.6 Å². The standard InChI is InChI=1S/C21H26N2O5S/c1-13(20(24)23(2)15-9-10-29(26,27)12-15)28-21(25)14-7-8-19-17(11-14)16-5-3-4-6-18(16)22-19/h7-8,11,13,15,22H,3-6,9-10,12H2,1-2H3. The number of nitrogens with one attached hydrogen (secondary N) is 1. The molecular formula is C21H26N2O5S. The number of nitrogens with zero attached hydrogens (tertiary/aromatic N) is 1. The van der Waals surface area contributed by atoms with Gasteiger partial charge in [-0.05, 0) is 62.8 Å². The number of carbonyl (C=O) groups is 2. The highest BCUT2D eigenvalue weighted by Gasteiger charge is 2.35. The van der Waals surface area contributed by atoms with E-state index in [-0.39, 0.29) is 23.5 Å². The van der Waals surface area contributed by atoms with E-state index in [4.69, 9.17) is 4.74 Å². The smallest absolute Gasteiger partial charge is 0.338 e. The fourth-order valence-corrected chi connectivity index (χ4v) is 6.13. The van der Waals surface area contributed by atoms with Crippen LogP contribution in [0.4, 0.5) is 0 Å². The Bertz CT molecular complexity index is 1070. The number of esters is 1. The maximum Gasteiger partial charge on any atom is 0.338 e. The Morgan fingerprint density at radius 3 is 2.72 bits per heavy atom. The van der Waals surface area contributed by atoms with E-state index in [0.717, 1.165) is 30.2 Å². The molecule has 2 atom stereocenters. The summed E-state index contributed by atoms with van der Waals surface area (Å²) in [6, 6.07) is 5.06. The number of rotatable bonds is 4. The quantitative estimate of drug-likeness (QED) is 0.768. The molecule has 0 radical (unpaired) electrons. The van der Waals surface area contributed by atoms with E-state index >= 15 is 0 Å². The predicted molar refractivity (Wildman–Crippen MR) is 110 cm³/mol. The molecule has 7 nitrogen and oxygen atoms in total. The van der Waals surface area contributed by atoms with Crippen molar-refractivity contribution in [3.63, 3.8) is 0 Å². The highest BCUT2D eigenvalue weighted by atomic mass is 32.2. The minimum absolute atomic E-state index is 0.0365. The van der Waals surface area contributed by atoms with Gasteiger partial charge in [-0.1, -0.05) is 0 Å². The maximum atomic E-state index is 12.6. The van der Waals surface area contributed by atoms with E-state index in [1.165, 1.54) is 29.5 Å². The van der Waals surface area contributed by atoms with Crippen LogP contribution in [0.3, 0.4) is 0 Å². The molecule has 1 aliphatic heterocycles. The molecule has 0 spiro atoms. The molecule has 0 bridgehead atoms. The topological polar surface area (TPSA) is 96.5 Å². The van der Waals surface area contributed by atoms with Crippen LogP contribution in [0.25, 0.3) is 10.9 Å². The van der Waals surface area contributed by atoms with Crippen LogP contribution >= 0.6 is 0 Å². The number of likely N-dealkylation sites (N-methyl/N-ethyl adjacent to an activating group) is 1. The molecule has 1 fully saturated rings. The van der Waals surface area contributed by atoms with Gasteiger partial charge in [-0.2, -0.15) is 0 Å². The molecule has 2 unspecified atom stereocenters. The molecular weight excluding hydrogens is 392 g/mol. The van der Waals surface area contributed by atoms with Gasteiger partial charge in [-0.3, -0.25) is 4.79 Å². The van der Waals surface area contributed by atoms with Crippen LogP contribution in [-0.2, 0) is 32.2 Å². The number of hydrogen-bond donors (Lipinski definition) is 1. The van der Waals surface area contributed by atoms with Crippen molar-refractivity contribution in [3.05, 3.63) is 35.0 Å². The Hall–Kier alpha value is -2.35. The Kier molecular flexibility index (Phi) is 5.14. The third-order valence-electron chi connectivity index (χ3n) is 6.07. The second kappa shape index (κ2) is 7.48. The van der Waals surface area contributed by atoms with Gasteiger partial charge in [0.1, 0.15) is 0 Å². The molecule has 156 valence electrons. The SMILES string of the molecule is CC(OC(=O)c1ccc2[nH]c3c(c2c1)CCCC3)C(=O)N(C)C1CCS(=O)(=O)C1.